The van der Waals surface area contributed by atoms with E-state index in [0.29, 0.717) is 5.56 Å². The maximum absolute atomic E-state index is 13.3. The molecule has 26 heteroatoms. The maximum atomic E-state index is 13.3. The van der Waals surface area contributed by atoms with E-state index in [0.717, 1.165) is 24.3 Å². The molecule has 1 aromatic heterocycles. The topological polar surface area (TPSA) is 415 Å². The Morgan fingerprint density at radius 2 is 1.16 bits per heavy atom. The predicted octanol–water partition coefficient (Wildman–Crippen LogP) is -2.40. The van der Waals surface area contributed by atoms with E-state index in [4.69, 9.17) is 42.3 Å². The number of carboxylic acids is 3. The summed E-state index contributed by atoms with van der Waals surface area (Å²) in [6, 6.07) is 12.1. The molecule has 370 valence electrons. The molecule has 4 heterocycles. The number of benzene rings is 3. The number of aliphatic hydroxyl groups excluding tert-OH is 7. The molecule has 0 radical (unpaired) electrons. The third kappa shape index (κ3) is 10.4. The number of methoxy groups -OCH3 is 1. The van der Waals surface area contributed by atoms with E-state index >= 15 is 0 Å². The van der Waals surface area contributed by atoms with E-state index in [1.807, 2.05) is 0 Å². The zero-order chi connectivity index (χ0) is 50.2. The first-order valence-corrected chi connectivity index (χ1v) is 20.2. The lowest BCUT2D eigenvalue weighted by atomic mass is 9.96. The number of hydrogen-bond acceptors (Lipinski definition) is 23. The van der Waals surface area contributed by atoms with Gasteiger partial charge in [0, 0.05) is 29.8 Å². The van der Waals surface area contributed by atoms with Gasteiger partial charge in [0.1, 0.15) is 76.7 Å². The van der Waals surface area contributed by atoms with E-state index in [-0.39, 0.29) is 34.2 Å². The van der Waals surface area contributed by atoms with Crippen LogP contribution in [0, 0.1) is 0 Å². The van der Waals surface area contributed by atoms with Crippen molar-refractivity contribution in [1.82, 2.24) is 0 Å². The van der Waals surface area contributed by atoms with Crippen molar-refractivity contribution < 1.29 is 123 Å². The third-order valence-corrected chi connectivity index (χ3v) is 11.0. The fourth-order valence-electron chi connectivity index (χ4n) is 7.42. The molecule has 0 spiro atoms. The van der Waals surface area contributed by atoms with Crippen molar-refractivity contribution in [3.8, 4) is 40.1 Å². The second kappa shape index (κ2) is 20.3. The number of carbonyl (C=O) groups excluding carboxylic acids is 1. The lowest BCUT2D eigenvalue weighted by Gasteiger charge is -2.45. The van der Waals surface area contributed by atoms with Crippen molar-refractivity contribution in [2.75, 3.05) is 7.11 Å². The Morgan fingerprint density at radius 3 is 1.77 bits per heavy atom. The first-order chi connectivity index (χ1) is 32.7. The molecule has 15 unspecified atom stereocenters. The average molecular weight is 975 g/mol. The molecule has 7 rings (SSSR count). The van der Waals surface area contributed by atoms with Gasteiger partial charge in [-0.15, -0.1) is 0 Å². The van der Waals surface area contributed by atoms with Crippen LogP contribution in [0.25, 0.3) is 28.4 Å². The third-order valence-electron chi connectivity index (χ3n) is 11.0. The minimum Gasteiger partial charge on any atom is -0.507 e. The van der Waals surface area contributed by atoms with Crippen molar-refractivity contribution in [2.45, 2.75) is 92.1 Å². The molecule has 3 saturated heterocycles. The van der Waals surface area contributed by atoms with Gasteiger partial charge in [-0.3, -0.25) is 4.79 Å². The Labute approximate surface area is 385 Å². The summed E-state index contributed by atoms with van der Waals surface area (Å²) in [6.45, 7) is 0. The van der Waals surface area contributed by atoms with Gasteiger partial charge in [-0.25, -0.2) is 19.2 Å². The maximum Gasteiger partial charge on any atom is 0.335 e. The molecule has 3 aliphatic rings. The Kier molecular flexibility index (Phi) is 14.7. The lowest BCUT2D eigenvalue weighted by molar-refractivity contribution is -0.350. The first-order valence-electron chi connectivity index (χ1n) is 20.2. The van der Waals surface area contributed by atoms with Gasteiger partial charge in [-0.1, -0.05) is 6.07 Å². The zero-order valence-corrected chi connectivity index (χ0v) is 35.2. The molecule has 4 aromatic rings. The monoisotopic (exact) mass is 974 g/mol. The average Bonchev–Trinajstić information content (AvgIpc) is 3.30. The van der Waals surface area contributed by atoms with Crippen LogP contribution in [-0.4, -0.2) is 184 Å². The van der Waals surface area contributed by atoms with Crippen LogP contribution in [0.1, 0.15) is 5.56 Å². The predicted molar refractivity (Wildman–Crippen MR) is 220 cm³/mol. The van der Waals surface area contributed by atoms with E-state index in [2.05, 4.69) is 0 Å². The summed E-state index contributed by atoms with van der Waals surface area (Å²) < 4.78 is 49.3. The first kappa shape index (κ1) is 49.9. The quantitative estimate of drug-likeness (QED) is 0.0463. The smallest absolute Gasteiger partial charge is 0.335 e. The number of rotatable bonds is 14. The van der Waals surface area contributed by atoms with Crippen LogP contribution in [-0.2, 0) is 42.9 Å². The van der Waals surface area contributed by atoms with Gasteiger partial charge in [0.15, 0.2) is 53.7 Å². The van der Waals surface area contributed by atoms with Crippen molar-refractivity contribution in [3.63, 3.8) is 0 Å². The van der Waals surface area contributed by atoms with Gasteiger partial charge in [0.05, 0.1) is 7.11 Å². The summed E-state index contributed by atoms with van der Waals surface area (Å²) in [5, 5.41) is 123. The van der Waals surface area contributed by atoms with E-state index < -0.39 is 138 Å². The van der Waals surface area contributed by atoms with Gasteiger partial charge in [-0.05, 0) is 48.0 Å². The molecule has 15 atom stereocenters. The molecule has 69 heavy (non-hydrogen) atoms. The van der Waals surface area contributed by atoms with Gasteiger partial charge in [-0.2, -0.15) is 0 Å². The standard InChI is InChI=1S/C43H42O26/c1-61-22-10-14(2-8-18(22)44)3-9-24(47)65-36-30(52)28(50)35(40(59)60)68-43(36)69-37-31(53)29(51)34(39(57)58)67-42(37)63-17-11-19(45)25-20(46)13-21(64-23(25)12-17)15-4-6-16(7-5-15)62-41-32(54)26(48)27(49)33(66-41)38(55)56/h2-13,26-37,41-45,48-54H,1H3,(H,55,56)(H,57,58)(H,59,60). The number of phenols is 2. The lowest BCUT2D eigenvalue weighted by Crippen LogP contribution is -2.66. The van der Waals surface area contributed by atoms with E-state index in [9.17, 15) is 85.3 Å². The Hall–Kier alpha value is -6.95. The molecule has 3 fully saturated rings. The minimum atomic E-state index is -2.32. The van der Waals surface area contributed by atoms with Crippen LogP contribution in [0.3, 0.4) is 0 Å². The van der Waals surface area contributed by atoms with Crippen molar-refractivity contribution in [2.24, 2.45) is 0 Å². The fraction of sp³-hybridized carbons (Fsp3) is 0.372. The number of ether oxygens (including phenoxy) is 8. The number of carboxylic acid groups (broad SMARTS) is 3. The summed E-state index contributed by atoms with van der Waals surface area (Å²) in [4.78, 5) is 62.1. The molecule has 0 bridgehead atoms. The van der Waals surface area contributed by atoms with Crippen molar-refractivity contribution in [1.29, 1.82) is 0 Å². The fourth-order valence-corrected chi connectivity index (χ4v) is 7.42. The van der Waals surface area contributed by atoms with Crippen LogP contribution in [0.5, 0.6) is 28.7 Å². The second-order valence-corrected chi connectivity index (χ2v) is 15.5. The number of phenolic OH excluding ortho intramolecular Hbond substituents is 2. The number of hydrogen-bond donors (Lipinski definition) is 12. The summed E-state index contributed by atoms with van der Waals surface area (Å²) >= 11 is 0. The molecule has 3 aliphatic heterocycles. The van der Waals surface area contributed by atoms with Crippen LogP contribution in [0.2, 0.25) is 0 Å². The molecule has 12 N–H and O–H groups in total. The molecular weight excluding hydrogens is 932 g/mol. The molecule has 0 aliphatic carbocycles. The van der Waals surface area contributed by atoms with E-state index in [1.54, 1.807) is 0 Å². The summed E-state index contributed by atoms with van der Waals surface area (Å²) in [5.74, 6) is -8.15. The van der Waals surface area contributed by atoms with Gasteiger partial charge < -0.3 is 104 Å². The van der Waals surface area contributed by atoms with Crippen LogP contribution in [0.4, 0.5) is 0 Å². The number of carbonyl (C=O) groups is 4. The zero-order valence-electron chi connectivity index (χ0n) is 35.2. The highest BCUT2D eigenvalue weighted by atomic mass is 16.8. The second-order valence-electron chi connectivity index (χ2n) is 15.5. The molecular formula is C43H42O26. The summed E-state index contributed by atoms with van der Waals surface area (Å²) in [7, 11) is 1.28. The van der Waals surface area contributed by atoms with Gasteiger partial charge in [0.2, 0.25) is 12.6 Å². The van der Waals surface area contributed by atoms with Gasteiger partial charge in [0.25, 0.3) is 0 Å². The normalized spacial score (nSPS) is 31.4. The Bertz CT molecular complexity index is 2650. The highest BCUT2D eigenvalue weighted by Gasteiger charge is 2.55. The minimum absolute atomic E-state index is 0.0413. The Balaban J connectivity index is 1.15. The van der Waals surface area contributed by atoms with Crippen LogP contribution < -0.4 is 19.6 Å². The van der Waals surface area contributed by atoms with Crippen molar-refractivity contribution >= 4 is 40.9 Å². The molecule has 3 aromatic carbocycles. The molecule has 0 saturated carbocycles. The summed E-state index contributed by atoms with van der Waals surface area (Å²) in [5.41, 5.74) is -0.682. The largest absolute Gasteiger partial charge is 0.507 e. The number of aliphatic carboxylic acids is 3. The highest BCUT2D eigenvalue weighted by Crippen LogP contribution is 2.36. The summed E-state index contributed by atoms with van der Waals surface area (Å²) in [6.07, 6.45) is -29.8. The van der Waals surface area contributed by atoms with Gasteiger partial charge >= 0.3 is 23.9 Å². The van der Waals surface area contributed by atoms with Crippen LogP contribution >= 0.6 is 0 Å². The number of fused-ring (bicyclic) bond motifs is 1. The number of aliphatic hydroxyl groups is 7. The highest BCUT2D eigenvalue weighted by molar-refractivity contribution is 5.88. The van der Waals surface area contributed by atoms with Crippen molar-refractivity contribution in [3.05, 3.63) is 82.5 Å². The number of esters is 1. The molecule has 26 nitrogen and oxygen atoms in total. The van der Waals surface area contributed by atoms with E-state index in [1.165, 1.54) is 55.7 Å². The Morgan fingerprint density at radius 1 is 0.594 bits per heavy atom. The molecule has 0 amide bonds. The van der Waals surface area contributed by atoms with Crippen LogP contribution in [0.15, 0.2) is 76.0 Å². The SMILES string of the molecule is COc1cc(C=CC(=O)OC2C(OC3C(Oc4cc(O)c5c(=O)cc(-c6ccc(OC7OC(C(=O)O)C(O)C(O)C7O)cc6)oc5c4)OC(C(=O)O)C(O)C3O)OC(C(=O)O)C(O)C2O)ccc1O. The number of aromatic hydroxyl groups is 2.